The Hall–Kier alpha value is -8.86. The number of rotatable bonds is 8. The fourth-order valence-electron chi connectivity index (χ4n) is 10.2. The third-order valence-corrected chi connectivity index (χ3v) is 13.1. The highest BCUT2D eigenvalue weighted by molar-refractivity contribution is 6.18. The van der Waals surface area contributed by atoms with Crippen molar-refractivity contribution < 1.29 is 4.42 Å². The molecule has 66 heavy (non-hydrogen) atoms. The number of hydrogen-bond acceptors (Lipinski definition) is 3. The maximum atomic E-state index is 6.37. The molecule has 0 aliphatic heterocycles. The van der Waals surface area contributed by atoms with Gasteiger partial charge in [0.1, 0.15) is 11.2 Å². The Morgan fingerprint density at radius 2 is 0.894 bits per heavy atom. The van der Waals surface area contributed by atoms with Crippen LogP contribution in [0.5, 0.6) is 0 Å². The molecule has 0 aliphatic carbocycles. The highest BCUT2D eigenvalue weighted by Gasteiger charge is 2.24. The van der Waals surface area contributed by atoms with Crippen molar-refractivity contribution in [2.75, 3.05) is 9.80 Å². The number of furan rings is 1. The number of aromatic nitrogens is 1. The Kier molecular flexibility index (Phi) is 8.81. The van der Waals surface area contributed by atoms with Crippen molar-refractivity contribution in [3.63, 3.8) is 0 Å². The molecule has 0 saturated carbocycles. The number of hydrogen-bond donors (Lipinski definition) is 0. The van der Waals surface area contributed by atoms with Crippen molar-refractivity contribution in [1.82, 2.24) is 4.57 Å². The van der Waals surface area contributed by atoms with Crippen LogP contribution in [0.2, 0.25) is 0 Å². The largest absolute Gasteiger partial charge is 0.456 e. The van der Waals surface area contributed by atoms with E-state index in [9.17, 15) is 0 Å². The molecule has 2 aromatic heterocycles. The average molecular weight is 844 g/mol. The minimum atomic E-state index is 0.864. The lowest BCUT2D eigenvalue weighted by Gasteiger charge is -2.31. The molecule has 11 aromatic carbocycles. The van der Waals surface area contributed by atoms with Gasteiger partial charge in [-0.1, -0.05) is 146 Å². The van der Waals surface area contributed by atoms with Gasteiger partial charge in [0.2, 0.25) is 0 Å². The lowest BCUT2D eigenvalue weighted by atomic mass is 9.92. The highest BCUT2D eigenvalue weighted by atomic mass is 16.3. The number of benzene rings is 11. The fourth-order valence-corrected chi connectivity index (χ4v) is 10.2. The van der Waals surface area contributed by atoms with E-state index in [0.29, 0.717) is 0 Å². The van der Waals surface area contributed by atoms with Crippen LogP contribution in [-0.4, -0.2) is 4.57 Å². The molecular formula is C62H41N3O. The smallest absolute Gasteiger partial charge is 0.135 e. The van der Waals surface area contributed by atoms with E-state index in [2.05, 4.69) is 251 Å². The lowest BCUT2D eigenvalue weighted by molar-refractivity contribution is 0.669. The van der Waals surface area contributed by atoms with Gasteiger partial charge in [0.05, 0.1) is 16.7 Å². The molecule has 310 valence electrons. The third kappa shape index (κ3) is 6.15. The van der Waals surface area contributed by atoms with E-state index in [1.165, 1.54) is 37.9 Å². The third-order valence-electron chi connectivity index (χ3n) is 13.1. The molecule has 0 unspecified atom stereocenters. The topological polar surface area (TPSA) is 24.6 Å². The molecular weight excluding hydrogens is 803 g/mol. The first kappa shape index (κ1) is 37.7. The molecule has 0 fully saturated rings. The van der Waals surface area contributed by atoms with Crippen LogP contribution in [0.3, 0.4) is 0 Å². The van der Waals surface area contributed by atoms with Crippen molar-refractivity contribution in [2.45, 2.75) is 0 Å². The first-order valence-electron chi connectivity index (χ1n) is 22.5. The second-order valence-corrected chi connectivity index (χ2v) is 16.9. The average Bonchev–Trinajstić information content (AvgIpc) is 3.93. The predicted molar refractivity (Wildman–Crippen MR) is 278 cm³/mol. The maximum absolute atomic E-state index is 6.37. The van der Waals surface area contributed by atoms with Crippen molar-refractivity contribution >= 4 is 99.4 Å². The quantitative estimate of drug-likeness (QED) is 0.142. The van der Waals surface area contributed by atoms with Crippen LogP contribution in [0.15, 0.2) is 253 Å². The summed E-state index contributed by atoms with van der Waals surface area (Å²) in [5, 5.41) is 9.42. The van der Waals surface area contributed by atoms with Gasteiger partial charge >= 0.3 is 0 Å². The Balaban J connectivity index is 1.13. The van der Waals surface area contributed by atoms with Gasteiger partial charge in [-0.2, -0.15) is 0 Å². The number of fused-ring (bicyclic) bond motifs is 9. The van der Waals surface area contributed by atoms with Crippen LogP contribution >= 0.6 is 0 Å². The zero-order valence-electron chi connectivity index (χ0n) is 35.9. The summed E-state index contributed by atoms with van der Waals surface area (Å²) in [4.78, 5) is 4.85. The monoisotopic (exact) mass is 843 g/mol. The van der Waals surface area contributed by atoms with E-state index in [4.69, 9.17) is 4.42 Å². The molecule has 0 saturated heterocycles. The molecule has 13 aromatic rings. The number of anilines is 6. The van der Waals surface area contributed by atoms with Gasteiger partial charge in [-0.15, -0.1) is 0 Å². The molecule has 0 N–H and O–H groups in total. The van der Waals surface area contributed by atoms with Crippen LogP contribution in [0.1, 0.15) is 0 Å². The van der Waals surface area contributed by atoms with Crippen LogP contribution in [0, 0.1) is 0 Å². The molecule has 0 radical (unpaired) electrons. The number of nitrogens with zero attached hydrogens (tertiary/aromatic N) is 3. The first-order valence-corrected chi connectivity index (χ1v) is 22.5. The summed E-state index contributed by atoms with van der Waals surface area (Å²) in [5.41, 5.74) is 13.7. The highest BCUT2D eigenvalue weighted by Crippen LogP contribution is 2.48. The van der Waals surface area contributed by atoms with Gasteiger partial charge in [0.15, 0.2) is 0 Å². The summed E-state index contributed by atoms with van der Waals surface area (Å²) < 4.78 is 8.76. The predicted octanol–water partition coefficient (Wildman–Crippen LogP) is 17.6. The summed E-state index contributed by atoms with van der Waals surface area (Å²) >= 11 is 0. The van der Waals surface area contributed by atoms with Crippen LogP contribution < -0.4 is 9.80 Å². The first-order chi connectivity index (χ1) is 32.7. The van der Waals surface area contributed by atoms with Gasteiger partial charge in [-0.25, -0.2) is 0 Å². The van der Waals surface area contributed by atoms with E-state index in [-0.39, 0.29) is 0 Å². The molecule has 4 nitrogen and oxygen atoms in total. The van der Waals surface area contributed by atoms with Crippen LogP contribution in [0.25, 0.3) is 82.1 Å². The molecule has 4 heteroatoms. The fraction of sp³-hybridized carbons (Fsp3) is 0. The Morgan fingerprint density at radius 3 is 1.67 bits per heavy atom. The Morgan fingerprint density at radius 1 is 0.318 bits per heavy atom. The maximum Gasteiger partial charge on any atom is 0.135 e. The Labute approximate surface area is 382 Å². The summed E-state index contributed by atoms with van der Waals surface area (Å²) in [7, 11) is 0. The van der Waals surface area contributed by atoms with E-state index in [0.717, 1.165) is 78.3 Å². The molecule has 2 heterocycles. The van der Waals surface area contributed by atoms with Gasteiger partial charge in [-0.05, 0) is 136 Å². The SMILES string of the molecule is c1ccc(N(c2cc(-c3cc4ccccc4c4ccccc34)cc(N(c3ccccc3)c3cccc4c3c3ccccc3n4-c3ccccc3)c2)c2ccc3oc4ccccc4c3c2)cc1. The van der Waals surface area contributed by atoms with Crippen molar-refractivity contribution in [1.29, 1.82) is 0 Å². The molecule has 0 atom stereocenters. The molecule has 13 rings (SSSR count). The minimum absolute atomic E-state index is 0.864. The van der Waals surface area contributed by atoms with Gasteiger partial charge in [0.25, 0.3) is 0 Å². The minimum Gasteiger partial charge on any atom is -0.456 e. The van der Waals surface area contributed by atoms with E-state index in [1.807, 2.05) is 12.1 Å². The standard InChI is InChI=1S/C62H41N3O/c1-4-20-44(21-5-1)63(47-35-36-61-56(41-47)53-29-15-17-34-60(53)66-61)48-37-43(55-39-42-19-10-11-26-50(42)51-27-12-13-28-52(51)55)38-49(40-48)64(45-22-6-2-7-23-45)58-32-18-33-59-62(58)54-30-14-16-31-57(54)65(59)46-24-8-3-9-25-46/h1-41H. The normalized spacial score (nSPS) is 11.6. The van der Waals surface area contributed by atoms with Crippen molar-refractivity contribution in [2.24, 2.45) is 0 Å². The van der Waals surface area contributed by atoms with Gasteiger partial charge in [0, 0.05) is 55.7 Å². The molecule has 0 spiro atoms. The summed E-state index contributed by atoms with van der Waals surface area (Å²) in [6.07, 6.45) is 0. The second-order valence-electron chi connectivity index (χ2n) is 16.9. The molecule has 0 aliphatic rings. The second kappa shape index (κ2) is 15.4. The van der Waals surface area contributed by atoms with E-state index >= 15 is 0 Å². The van der Waals surface area contributed by atoms with Crippen LogP contribution in [-0.2, 0) is 0 Å². The molecule has 0 bridgehead atoms. The number of para-hydroxylation sites is 5. The lowest BCUT2D eigenvalue weighted by Crippen LogP contribution is -2.14. The van der Waals surface area contributed by atoms with Crippen LogP contribution in [0.4, 0.5) is 34.1 Å². The Bertz CT molecular complexity index is 3950. The van der Waals surface area contributed by atoms with E-state index in [1.54, 1.807) is 0 Å². The van der Waals surface area contributed by atoms with E-state index < -0.39 is 0 Å². The van der Waals surface area contributed by atoms with Crippen molar-refractivity contribution in [3.8, 4) is 16.8 Å². The summed E-state index contributed by atoms with van der Waals surface area (Å²) in [5.74, 6) is 0. The molecule has 0 amide bonds. The summed E-state index contributed by atoms with van der Waals surface area (Å²) in [6.45, 7) is 0. The summed E-state index contributed by atoms with van der Waals surface area (Å²) in [6, 6.07) is 89.7. The van der Waals surface area contributed by atoms with Gasteiger partial charge in [-0.3, -0.25) is 0 Å². The van der Waals surface area contributed by atoms with Gasteiger partial charge < -0.3 is 18.8 Å². The zero-order valence-corrected chi connectivity index (χ0v) is 35.9. The zero-order chi connectivity index (χ0) is 43.6. The van der Waals surface area contributed by atoms with Crippen molar-refractivity contribution in [3.05, 3.63) is 249 Å².